The van der Waals surface area contributed by atoms with Crippen LogP contribution >= 0.6 is 11.6 Å². The van der Waals surface area contributed by atoms with Gasteiger partial charge in [0.05, 0.1) is 17.6 Å². The molecule has 2 aromatic heterocycles. The van der Waals surface area contributed by atoms with E-state index in [-0.39, 0.29) is 5.91 Å². The molecule has 3 heterocycles. The fourth-order valence-corrected chi connectivity index (χ4v) is 3.46. The molecule has 0 saturated heterocycles. The van der Waals surface area contributed by atoms with Gasteiger partial charge >= 0.3 is 0 Å². The van der Waals surface area contributed by atoms with Gasteiger partial charge in [-0.2, -0.15) is 4.80 Å². The van der Waals surface area contributed by atoms with E-state index < -0.39 is 0 Å². The summed E-state index contributed by atoms with van der Waals surface area (Å²) in [6.07, 6.45) is 2.69. The predicted octanol–water partition coefficient (Wildman–Crippen LogP) is 3.19. The Morgan fingerprint density at radius 1 is 1.21 bits per heavy atom. The summed E-state index contributed by atoms with van der Waals surface area (Å²) < 4.78 is 0. The summed E-state index contributed by atoms with van der Waals surface area (Å²) in [5.41, 5.74) is 3.91. The lowest BCUT2D eigenvalue weighted by molar-refractivity contribution is 0.102. The number of pyridine rings is 1. The van der Waals surface area contributed by atoms with E-state index in [0.717, 1.165) is 18.5 Å². The number of rotatable bonds is 4. The Morgan fingerprint density at radius 3 is 2.72 bits per heavy atom. The molecule has 1 aliphatic heterocycles. The van der Waals surface area contributed by atoms with Crippen molar-refractivity contribution in [1.82, 2.24) is 25.2 Å². The Labute approximate surface area is 173 Å². The van der Waals surface area contributed by atoms with Crippen molar-refractivity contribution < 1.29 is 4.79 Å². The zero-order valence-corrected chi connectivity index (χ0v) is 16.9. The largest absolute Gasteiger partial charge is 0.334 e. The summed E-state index contributed by atoms with van der Waals surface area (Å²) in [7, 11) is 1.75. The van der Waals surface area contributed by atoms with Crippen molar-refractivity contribution in [2.75, 3.05) is 23.3 Å². The van der Waals surface area contributed by atoms with E-state index in [1.165, 1.54) is 15.9 Å². The van der Waals surface area contributed by atoms with Gasteiger partial charge in [-0.1, -0.05) is 34.4 Å². The molecule has 4 rings (SSSR count). The first kappa shape index (κ1) is 19.1. The third kappa shape index (κ3) is 4.12. The minimum atomic E-state index is -0.288. The molecule has 0 aliphatic carbocycles. The molecule has 0 radical (unpaired) electrons. The van der Waals surface area contributed by atoms with Gasteiger partial charge in [0.1, 0.15) is 5.82 Å². The van der Waals surface area contributed by atoms with Crippen LogP contribution in [-0.4, -0.2) is 44.2 Å². The van der Waals surface area contributed by atoms with Crippen LogP contribution in [0.5, 0.6) is 0 Å². The number of nitrogens with zero attached hydrogens (tertiary/aromatic N) is 6. The summed E-state index contributed by atoms with van der Waals surface area (Å²) in [5, 5.41) is 15.5. The topological polar surface area (TPSA) is 88.8 Å². The normalized spacial score (nSPS) is 14.2. The second kappa shape index (κ2) is 8.00. The van der Waals surface area contributed by atoms with Crippen LogP contribution < -0.4 is 10.2 Å². The maximum Gasteiger partial charge on any atom is 0.266 e. The molecule has 0 spiro atoms. The molecule has 0 unspecified atom stereocenters. The van der Waals surface area contributed by atoms with E-state index in [9.17, 15) is 4.79 Å². The number of halogens is 1. The zero-order valence-electron chi connectivity index (χ0n) is 16.1. The second-order valence-electron chi connectivity index (χ2n) is 6.88. The first-order valence-corrected chi connectivity index (χ1v) is 9.59. The van der Waals surface area contributed by atoms with Gasteiger partial charge in [0.2, 0.25) is 0 Å². The van der Waals surface area contributed by atoms with Crippen molar-refractivity contribution >= 4 is 34.8 Å². The average Bonchev–Trinajstić information content (AvgIpc) is 3.16. The molecule has 3 aromatic rings. The molecule has 1 aromatic carbocycles. The van der Waals surface area contributed by atoms with E-state index >= 15 is 0 Å². The SMILES string of the molecule is CC1=C(c2ccc(NC(=O)c3ccccc3Cl)nc2)CN(c2nnn(C)n2)CC1. The lowest BCUT2D eigenvalue weighted by Gasteiger charge is -2.28. The first-order valence-electron chi connectivity index (χ1n) is 9.21. The zero-order chi connectivity index (χ0) is 20.4. The highest BCUT2D eigenvalue weighted by molar-refractivity contribution is 6.34. The highest BCUT2D eigenvalue weighted by atomic mass is 35.5. The standard InChI is InChI=1S/C20H20ClN7O/c1-13-9-10-28(20-24-26-27(2)25-20)12-16(13)14-7-8-18(22-11-14)23-19(29)15-5-3-4-6-17(15)21/h3-8,11H,9-10,12H2,1-2H3,(H,22,23,29). The van der Waals surface area contributed by atoms with Crippen molar-refractivity contribution in [3.63, 3.8) is 0 Å². The summed E-state index contributed by atoms with van der Waals surface area (Å²) in [4.78, 5) is 20.4. The number of amides is 1. The molecule has 9 heteroatoms. The Bertz CT molecular complexity index is 1070. The molecule has 1 N–H and O–H groups in total. The van der Waals surface area contributed by atoms with Crippen molar-refractivity contribution in [3.05, 3.63) is 64.3 Å². The van der Waals surface area contributed by atoms with Gasteiger partial charge in [-0.3, -0.25) is 4.79 Å². The summed E-state index contributed by atoms with van der Waals surface area (Å²) >= 11 is 6.09. The third-order valence-electron chi connectivity index (χ3n) is 4.87. The number of benzene rings is 1. The van der Waals surface area contributed by atoms with E-state index in [1.54, 1.807) is 43.6 Å². The Balaban J connectivity index is 1.49. The molecule has 29 heavy (non-hydrogen) atoms. The quantitative estimate of drug-likeness (QED) is 0.711. The van der Waals surface area contributed by atoms with Gasteiger partial charge in [0.15, 0.2) is 0 Å². The lowest BCUT2D eigenvalue weighted by Crippen LogP contribution is -2.31. The minimum Gasteiger partial charge on any atom is -0.334 e. The van der Waals surface area contributed by atoms with Crippen LogP contribution in [0.25, 0.3) is 5.57 Å². The molecule has 1 aliphatic rings. The highest BCUT2D eigenvalue weighted by Crippen LogP contribution is 2.28. The summed E-state index contributed by atoms with van der Waals surface area (Å²) in [5.74, 6) is 0.804. The van der Waals surface area contributed by atoms with Crippen LogP contribution in [0.2, 0.25) is 5.02 Å². The van der Waals surface area contributed by atoms with Crippen molar-refractivity contribution in [2.45, 2.75) is 13.3 Å². The van der Waals surface area contributed by atoms with Gasteiger partial charge in [-0.05, 0) is 54.0 Å². The van der Waals surface area contributed by atoms with Gasteiger partial charge < -0.3 is 10.2 Å². The van der Waals surface area contributed by atoms with Crippen molar-refractivity contribution in [3.8, 4) is 0 Å². The monoisotopic (exact) mass is 409 g/mol. The number of tetrazole rings is 1. The van der Waals surface area contributed by atoms with Gasteiger partial charge in [-0.25, -0.2) is 4.98 Å². The van der Waals surface area contributed by atoms with Gasteiger partial charge in [0, 0.05) is 19.3 Å². The van der Waals surface area contributed by atoms with E-state index in [0.29, 0.717) is 28.9 Å². The first-order chi connectivity index (χ1) is 14.0. The number of aromatic nitrogens is 5. The number of hydrogen-bond donors (Lipinski definition) is 1. The minimum absolute atomic E-state index is 0.288. The number of carbonyl (C=O) groups excluding carboxylic acids is 1. The van der Waals surface area contributed by atoms with E-state index in [2.05, 4.69) is 37.5 Å². The van der Waals surface area contributed by atoms with E-state index in [4.69, 9.17) is 11.6 Å². The average molecular weight is 410 g/mol. The highest BCUT2D eigenvalue weighted by Gasteiger charge is 2.21. The molecule has 0 bridgehead atoms. The van der Waals surface area contributed by atoms with Gasteiger partial charge in [0.25, 0.3) is 11.9 Å². The Hall–Kier alpha value is -3.26. The maximum absolute atomic E-state index is 12.4. The van der Waals surface area contributed by atoms with Crippen LogP contribution in [0, 0.1) is 0 Å². The Morgan fingerprint density at radius 2 is 2.03 bits per heavy atom. The van der Waals surface area contributed by atoms with Gasteiger partial charge in [-0.15, -0.1) is 5.10 Å². The third-order valence-corrected chi connectivity index (χ3v) is 5.20. The summed E-state index contributed by atoms with van der Waals surface area (Å²) in [6.45, 7) is 3.66. The smallest absolute Gasteiger partial charge is 0.266 e. The van der Waals surface area contributed by atoms with Crippen LogP contribution in [0.15, 0.2) is 48.2 Å². The van der Waals surface area contributed by atoms with Crippen LogP contribution in [0.1, 0.15) is 29.3 Å². The number of nitrogens with one attached hydrogen (secondary N) is 1. The second-order valence-corrected chi connectivity index (χ2v) is 7.28. The lowest BCUT2D eigenvalue weighted by atomic mass is 9.96. The number of hydrogen-bond acceptors (Lipinski definition) is 6. The van der Waals surface area contributed by atoms with Crippen LogP contribution in [0.3, 0.4) is 0 Å². The molecular weight excluding hydrogens is 390 g/mol. The van der Waals surface area contributed by atoms with E-state index in [1.807, 2.05) is 6.07 Å². The molecule has 1 amide bonds. The molecule has 0 saturated carbocycles. The molecular formula is C20H20ClN7O. The fraction of sp³-hybridized carbons (Fsp3) is 0.250. The van der Waals surface area contributed by atoms with Crippen LogP contribution in [0.4, 0.5) is 11.8 Å². The molecule has 148 valence electrons. The Kier molecular flexibility index (Phi) is 5.26. The predicted molar refractivity (Wildman–Crippen MR) is 112 cm³/mol. The summed E-state index contributed by atoms with van der Waals surface area (Å²) in [6, 6.07) is 10.7. The number of carbonyl (C=O) groups is 1. The molecule has 0 fully saturated rings. The maximum atomic E-state index is 12.4. The number of anilines is 2. The van der Waals surface area contributed by atoms with Crippen molar-refractivity contribution in [2.24, 2.45) is 7.05 Å². The fourth-order valence-electron chi connectivity index (χ4n) is 3.24. The molecule has 0 atom stereocenters. The van der Waals surface area contributed by atoms with Crippen LogP contribution in [-0.2, 0) is 7.05 Å². The number of aryl methyl sites for hydroxylation is 1. The molecule has 8 nitrogen and oxygen atoms in total. The van der Waals surface area contributed by atoms with Crippen molar-refractivity contribution in [1.29, 1.82) is 0 Å².